The molecule has 2 amide bonds. The number of sulfonamides is 1. The van der Waals surface area contributed by atoms with E-state index in [-0.39, 0.29) is 43.1 Å². The van der Waals surface area contributed by atoms with Gasteiger partial charge < -0.3 is 9.64 Å². The van der Waals surface area contributed by atoms with Crippen LogP contribution in [0, 0.1) is 17.2 Å². The van der Waals surface area contributed by atoms with Crippen molar-refractivity contribution in [2.75, 3.05) is 27.2 Å². The van der Waals surface area contributed by atoms with E-state index >= 15 is 0 Å². The van der Waals surface area contributed by atoms with E-state index in [1.54, 1.807) is 11.1 Å². The summed E-state index contributed by atoms with van der Waals surface area (Å²) in [5.74, 6) is -1.21. The molecule has 2 unspecified atom stereocenters. The number of aliphatic imine (C=N–C) groups is 2. The second-order valence-corrected chi connectivity index (χ2v) is 12.1. The Morgan fingerprint density at radius 1 is 1.29 bits per heavy atom. The van der Waals surface area contributed by atoms with Crippen molar-refractivity contribution in [3.8, 4) is 6.07 Å². The molecule has 4 rings (SSSR count). The summed E-state index contributed by atoms with van der Waals surface area (Å²) in [4.78, 5) is 34.9. The van der Waals surface area contributed by atoms with E-state index in [1.807, 2.05) is 0 Å². The molecule has 0 aliphatic carbocycles. The number of dihydropyridines is 1. The SMILES string of the molecule is CC(OC(=O)N1CCC(CC#N)(N2NC(=Nc3ccc(S(=O)(=O)N(C)C)cc3)C3C(=O)N=CC=C32)CC1)C(F)(F)F. The Morgan fingerprint density at radius 2 is 1.93 bits per heavy atom. The number of hydrazine groups is 1. The Morgan fingerprint density at radius 3 is 2.49 bits per heavy atom. The number of carbonyl (C=O) groups is 2. The van der Waals surface area contributed by atoms with Crippen LogP contribution in [0.25, 0.3) is 0 Å². The maximum atomic E-state index is 12.9. The first-order valence-corrected chi connectivity index (χ1v) is 14.0. The van der Waals surface area contributed by atoms with Crippen LogP contribution in [0.4, 0.5) is 23.7 Å². The number of halogens is 3. The fourth-order valence-corrected chi connectivity index (χ4v) is 5.64. The average molecular weight is 596 g/mol. The Kier molecular flexibility index (Phi) is 8.14. The van der Waals surface area contributed by atoms with Gasteiger partial charge in [-0.05, 0) is 50.1 Å². The molecule has 3 heterocycles. The maximum absolute atomic E-state index is 12.9. The number of rotatable bonds is 6. The number of nitrogens with one attached hydrogen (secondary N) is 1. The van der Waals surface area contributed by atoms with E-state index in [0.29, 0.717) is 11.4 Å². The average Bonchev–Trinajstić information content (AvgIpc) is 3.29. The van der Waals surface area contributed by atoms with Gasteiger partial charge in [-0.2, -0.15) is 18.4 Å². The third kappa shape index (κ3) is 5.91. The zero-order valence-corrected chi connectivity index (χ0v) is 23.2. The van der Waals surface area contributed by atoms with Crippen LogP contribution >= 0.6 is 0 Å². The molecular formula is C25H28F3N7O5S. The van der Waals surface area contributed by atoms with Crippen molar-refractivity contribution < 1.29 is 35.9 Å². The highest BCUT2D eigenvalue weighted by Crippen LogP contribution is 2.40. The maximum Gasteiger partial charge on any atom is 0.425 e. The van der Waals surface area contributed by atoms with Crippen LogP contribution in [0.5, 0.6) is 0 Å². The second kappa shape index (κ2) is 11.1. The summed E-state index contributed by atoms with van der Waals surface area (Å²) in [5.41, 5.74) is 3.03. The standard InChI is InChI=1S/C25H28F3N7O5S/c1-16(25(26,27)28)40-23(37)34-14-10-24(9-12-29,11-15-34)35-19-8-13-30-22(36)20(19)21(32-35)31-17-4-6-18(7-5-17)41(38,39)33(2)3/h4-8,13,16,20H,9-11,14-15H2,1-3H3,(H,31,32). The Balaban J connectivity index is 1.59. The van der Waals surface area contributed by atoms with Gasteiger partial charge in [-0.15, -0.1) is 0 Å². The summed E-state index contributed by atoms with van der Waals surface area (Å²) in [6.07, 6.45) is -4.78. The molecule has 0 radical (unpaired) electrons. The monoisotopic (exact) mass is 595 g/mol. The van der Waals surface area contributed by atoms with Gasteiger partial charge in [0.2, 0.25) is 10.0 Å². The molecule has 2 saturated heterocycles. The third-order valence-corrected chi connectivity index (χ3v) is 9.02. The van der Waals surface area contributed by atoms with Crippen LogP contribution in [-0.4, -0.2) is 91.7 Å². The normalized spacial score (nSPS) is 22.2. The summed E-state index contributed by atoms with van der Waals surface area (Å²) < 4.78 is 69.0. The van der Waals surface area contributed by atoms with Crippen LogP contribution in [0.15, 0.2) is 50.9 Å². The van der Waals surface area contributed by atoms with Gasteiger partial charge in [0.05, 0.1) is 34.3 Å². The molecule has 3 aliphatic heterocycles. The van der Waals surface area contributed by atoms with Gasteiger partial charge in [-0.3, -0.25) is 15.2 Å². The Labute approximate surface area is 234 Å². The third-order valence-electron chi connectivity index (χ3n) is 7.19. The summed E-state index contributed by atoms with van der Waals surface area (Å²) in [6, 6.07) is 7.91. The van der Waals surface area contributed by atoms with Gasteiger partial charge in [0.15, 0.2) is 6.10 Å². The first-order valence-electron chi connectivity index (χ1n) is 12.5. The summed E-state index contributed by atoms with van der Waals surface area (Å²) in [6.45, 7) is 0.773. The van der Waals surface area contributed by atoms with Crippen molar-refractivity contribution in [1.82, 2.24) is 19.6 Å². The van der Waals surface area contributed by atoms with E-state index in [4.69, 9.17) is 0 Å². The van der Waals surface area contributed by atoms with Gasteiger partial charge in [0.1, 0.15) is 11.8 Å². The summed E-state index contributed by atoms with van der Waals surface area (Å²) in [5, 5.41) is 11.3. The minimum atomic E-state index is -4.69. The largest absolute Gasteiger partial charge is 0.437 e. The van der Waals surface area contributed by atoms with E-state index in [1.165, 1.54) is 44.6 Å². The van der Waals surface area contributed by atoms with Crippen molar-refractivity contribution in [3.05, 3.63) is 36.0 Å². The molecule has 220 valence electrons. The molecule has 0 aromatic heterocycles. The van der Waals surface area contributed by atoms with Crippen molar-refractivity contribution in [3.63, 3.8) is 0 Å². The number of carbonyl (C=O) groups excluding carboxylic acids is 2. The predicted molar refractivity (Wildman–Crippen MR) is 140 cm³/mol. The van der Waals surface area contributed by atoms with Gasteiger partial charge in [-0.25, -0.2) is 27.5 Å². The molecule has 0 spiro atoms. The summed E-state index contributed by atoms with van der Waals surface area (Å²) >= 11 is 0. The number of benzene rings is 1. The smallest absolute Gasteiger partial charge is 0.425 e. The number of nitrogens with zero attached hydrogens (tertiary/aromatic N) is 6. The first-order chi connectivity index (χ1) is 19.2. The zero-order chi connectivity index (χ0) is 30.2. The molecule has 1 aromatic rings. The number of ether oxygens (including phenoxy) is 1. The Hall–Kier alpha value is -3.97. The lowest BCUT2D eigenvalue weighted by Crippen LogP contribution is -2.58. The molecule has 0 saturated carbocycles. The fourth-order valence-electron chi connectivity index (χ4n) is 4.74. The lowest BCUT2D eigenvalue weighted by Gasteiger charge is -2.47. The fraction of sp³-hybridized carbons (Fsp3) is 0.480. The van der Waals surface area contributed by atoms with Crippen molar-refractivity contribution in [2.45, 2.75) is 48.9 Å². The molecule has 1 aromatic carbocycles. The topological polar surface area (TPSA) is 148 Å². The van der Waals surface area contributed by atoms with Crippen molar-refractivity contribution in [1.29, 1.82) is 5.26 Å². The highest BCUT2D eigenvalue weighted by molar-refractivity contribution is 7.89. The minimum absolute atomic E-state index is 0.0114. The molecule has 16 heteroatoms. The minimum Gasteiger partial charge on any atom is -0.437 e. The molecule has 12 nitrogen and oxygen atoms in total. The number of nitriles is 1. The van der Waals surface area contributed by atoms with Gasteiger partial charge in [0.25, 0.3) is 5.91 Å². The molecular weight excluding hydrogens is 567 g/mol. The molecule has 2 fully saturated rings. The number of piperidine rings is 1. The van der Waals surface area contributed by atoms with E-state index < -0.39 is 45.8 Å². The molecule has 0 bridgehead atoms. The van der Waals surface area contributed by atoms with Crippen LogP contribution in [0.3, 0.4) is 0 Å². The number of likely N-dealkylation sites (tertiary alicyclic amines) is 1. The molecule has 2 atom stereocenters. The van der Waals surface area contributed by atoms with Gasteiger partial charge in [-0.1, -0.05) is 0 Å². The van der Waals surface area contributed by atoms with E-state index in [0.717, 1.165) is 16.1 Å². The van der Waals surface area contributed by atoms with E-state index in [9.17, 15) is 36.4 Å². The van der Waals surface area contributed by atoms with Crippen molar-refractivity contribution in [2.24, 2.45) is 15.9 Å². The van der Waals surface area contributed by atoms with Gasteiger partial charge >= 0.3 is 12.3 Å². The lowest BCUT2D eigenvalue weighted by molar-refractivity contribution is -0.200. The zero-order valence-electron chi connectivity index (χ0n) is 22.4. The summed E-state index contributed by atoms with van der Waals surface area (Å²) in [7, 11) is -0.828. The number of alkyl halides is 3. The highest BCUT2D eigenvalue weighted by Gasteiger charge is 2.51. The second-order valence-electron chi connectivity index (χ2n) is 9.98. The quantitative estimate of drug-likeness (QED) is 0.528. The number of amidine groups is 1. The van der Waals surface area contributed by atoms with Crippen LogP contribution in [0.1, 0.15) is 26.2 Å². The lowest BCUT2D eigenvalue weighted by atomic mass is 9.83. The molecule has 1 N–H and O–H groups in total. The van der Waals surface area contributed by atoms with E-state index in [2.05, 4.69) is 26.2 Å². The number of amides is 2. The Bertz CT molecular complexity index is 1440. The van der Waals surface area contributed by atoms with Gasteiger partial charge in [0, 0.05) is 33.4 Å². The first kappa shape index (κ1) is 30.0. The number of hydrogen-bond donors (Lipinski definition) is 1. The number of allylic oxidation sites excluding steroid dienone is 1. The molecule has 41 heavy (non-hydrogen) atoms. The van der Waals surface area contributed by atoms with Crippen LogP contribution in [0.2, 0.25) is 0 Å². The number of fused-ring (bicyclic) bond motifs is 1. The van der Waals surface area contributed by atoms with Crippen LogP contribution < -0.4 is 5.43 Å². The highest BCUT2D eigenvalue weighted by atomic mass is 32.2. The molecule has 3 aliphatic rings. The number of hydrogen-bond acceptors (Lipinski definition) is 8. The van der Waals surface area contributed by atoms with Crippen molar-refractivity contribution >= 4 is 39.8 Å². The van der Waals surface area contributed by atoms with Crippen LogP contribution in [-0.2, 0) is 19.6 Å². The predicted octanol–water partition coefficient (Wildman–Crippen LogP) is 2.73.